The maximum absolute atomic E-state index is 12.4. The quantitative estimate of drug-likeness (QED) is 0.829. The summed E-state index contributed by atoms with van der Waals surface area (Å²) in [6, 6.07) is 1.80. The molecule has 0 aromatic carbocycles. The smallest absolute Gasteiger partial charge is 0.274 e. The number of hydrogen-bond donors (Lipinski definition) is 0. The number of carbonyl (C=O) groups excluding carboxylic acids is 1. The lowest BCUT2D eigenvalue weighted by Gasteiger charge is -2.34. The highest BCUT2D eigenvalue weighted by atomic mass is 16.2. The Morgan fingerprint density at radius 2 is 2.05 bits per heavy atom. The van der Waals surface area contributed by atoms with E-state index in [0.29, 0.717) is 5.69 Å². The van der Waals surface area contributed by atoms with E-state index in [4.69, 9.17) is 0 Å². The molecule has 0 spiro atoms. The SMILES string of the molecule is CCn1ccc(C(=O)N2CCN(Cc3cnn(C)c3)CC2)n1. The maximum Gasteiger partial charge on any atom is 0.274 e. The molecule has 1 aliphatic heterocycles. The normalized spacial score (nSPS) is 16.2. The summed E-state index contributed by atoms with van der Waals surface area (Å²) < 4.78 is 3.60. The van der Waals surface area contributed by atoms with Gasteiger partial charge < -0.3 is 4.90 Å². The second kappa shape index (κ2) is 6.31. The van der Waals surface area contributed by atoms with Gasteiger partial charge in [-0.1, -0.05) is 0 Å². The second-order valence-corrected chi connectivity index (χ2v) is 5.65. The van der Waals surface area contributed by atoms with Crippen molar-refractivity contribution in [2.45, 2.75) is 20.0 Å². The van der Waals surface area contributed by atoms with Gasteiger partial charge in [-0.05, 0) is 13.0 Å². The van der Waals surface area contributed by atoms with Gasteiger partial charge in [0.2, 0.25) is 0 Å². The number of aromatic nitrogens is 4. The van der Waals surface area contributed by atoms with E-state index in [1.54, 1.807) is 10.7 Å². The van der Waals surface area contributed by atoms with Gasteiger partial charge in [-0.3, -0.25) is 19.1 Å². The molecule has 118 valence electrons. The zero-order chi connectivity index (χ0) is 15.5. The fraction of sp³-hybridized carbons (Fsp3) is 0.533. The molecule has 0 atom stereocenters. The Balaban J connectivity index is 1.53. The lowest BCUT2D eigenvalue weighted by atomic mass is 10.2. The van der Waals surface area contributed by atoms with E-state index in [-0.39, 0.29) is 5.91 Å². The number of piperazine rings is 1. The molecule has 0 bridgehead atoms. The molecule has 7 nitrogen and oxygen atoms in total. The first-order valence-corrected chi connectivity index (χ1v) is 7.68. The molecule has 0 saturated carbocycles. The minimum atomic E-state index is 0.0354. The van der Waals surface area contributed by atoms with Gasteiger partial charge in [0.05, 0.1) is 6.20 Å². The minimum Gasteiger partial charge on any atom is -0.335 e. The third kappa shape index (κ3) is 3.19. The molecule has 22 heavy (non-hydrogen) atoms. The van der Waals surface area contributed by atoms with Gasteiger partial charge in [0.1, 0.15) is 5.69 Å². The van der Waals surface area contributed by atoms with Crippen molar-refractivity contribution in [1.82, 2.24) is 29.4 Å². The number of hydrogen-bond acceptors (Lipinski definition) is 4. The van der Waals surface area contributed by atoms with Crippen LogP contribution in [0.3, 0.4) is 0 Å². The van der Waals surface area contributed by atoms with E-state index in [1.165, 1.54) is 5.56 Å². The number of nitrogens with zero attached hydrogens (tertiary/aromatic N) is 6. The average Bonchev–Trinajstić information content (AvgIpc) is 3.16. The van der Waals surface area contributed by atoms with Crippen molar-refractivity contribution in [2.75, 3.05) is 26.2 Å². The van der Waals surface area contributed by atoms with E-state index in [0.717, 1.165) is 39.3 Å². The van der Waals surface area contributed by atoms with Gasteiger partial charge in [0.15, 0.2) is 0 Å². The first kappa shape index (κ1) is 14.8. The molecule has 3 heterocycles. The lowest BCUT2D eigenvalue weighted by molar-refractivity contribution is 0.0622. The highest BCUT2D eigenvalue weighted by molar-refractivity contribution is 5.92. The number of rotatable bonds is 4. The molecular formula is C15H22N6O. The van der Waals surface area contributed by atoms with Crippen LogP contribution in [-0.4, -0.2) is 61.4 Å². The molecule has 0 unspecified atom stereocenters. The summed E-state index contributed by atoms with van der Waals surface area (Å²) in [5, 5.41) is 8.48. The molecule has 1 amide bonds. The third-order valence-electron chi connectivity index (χ3n) is 4.01. The zero-order valence-electron chi connectivity index (χ0n) is 13.1. The van der Waals surface area contributed by atoms with Crippen LogP contribution in [0.25, 0.3) is 0 Å². The number of aryl methyl sites for hydroxylation is 2. The van der Waals surface area contributed by atoms with Gasteiger partial charge in [-0.15, -0.1) is 0 Å². The van der Waals surface area contributed by atoms with E-state index in [2.05, 4.69) is 15.1 Å². The summed E-state index contributed by atoms with van der Waals surface area (Å²) in [5.41, 5.74) is 1.76. The van der Waals surface area contributed by atoms with Crippen molar-refractivity contribution in [1.29, 1.82) is 0 Å². The van der Waals surface area contributed by atoms with Crippen LogP contribution in [0, 0.1) is 0 Å². The fourth-order valence-electron chi connectivity index (χ4n) is 2.73. The molecule has 1 fully saturated rings. The topological polar surface area (TPSA) is 59.2 Å². The highest BCUT2D eigenvalue weighted by Gasteiger charge is 2.23. The van der Waals surface area contributed by atoms with Crippen molar-refractivity contribution < 1.29 is 4.79 Å². The van der Waals surface area contributed by atoms with Crippen LogP contribution >= 0.6 is 0 Å². The minimum absolute atomic E-state index is 0.0354. The van der Waals surface area contributed by atoms with Crippen LogP contribution in [0.2, 0.25) is 0 Å². The Kier molecular flexibility index (Phi) is 4.24. The van der Waals surface area contributed by atoms with Crippen LogP contribution < -0.4 is 0 Å². The monoisotopic (exact) mass is 302 g/mol. The van der Waals surface area contributed by atoms with Crippen LogP contribution in [-0.2, 0) is 20.1 Å². The van der Waals surface area contributed by atoms with Gasteiger partial charge in [0.25, 0.3) is 5.91 Å². The molecule has 1 saturated heterocycles. The number of amides is 1. The summed E-state index contributed by atoms with van der Waals surface area (Å²) in [4.78, 5) is 16.7. The Hall–Kier alpha value is -2.15. The summed E-state index contributed by atoms with van der Waals surface area (Å²) in [6.45, 7) is 6.95. The standard InChI is InChI=1S/C15H22N6O/c1-3-21-5-4-14(17-21)15(22)20-8-6-19(7-9-20)12-13-10-16-18(2)11-13/h4-5,10-11H,3,6-9,12H2,1-2H3. The number of carbonyl (C=O) groups is 1. The van der Waals surface area contributed by atoms with Gasteiger partial charge in [-0.2, -0.15) is 10.2 Å². The van der Waals surface area contributed by atoms with E-state index >= 15 is 0 Å². The van der Waals surface area contributed by atoms with Crippen LogP contribution in [0.5, 0.6) is 0 Å². The van der Waals surface area contributed by atoms with Gasteiger partial charge >= 0.3 is 0 Å². The summed E-state index contributed by atoms with van der Waals surface area (Å²) in [5.74, 6) is 0.0354. The molecule has 2 aromatic heterocycles. The third-order valence-corrected chi connectivity index (χ3v) is 4.01. The zero-order valence-corrected chi connectivity index (χ0v) is 13.1. The maximum atomic E-state index is 12.4. The predicted molar refractivity (Wildman–Crippen MR) is 82.3 cm³/mol. The van der Waals surface area contributed by atoms with Crippen LogP contribution in [0.4, 0.5) is 0 Å². The van der Waals surface area contributed by atoms with Crippen molar-refractivity contribution in [3.05, 3.63) is 35.9 Å². The fourth-order valence-corrected chi connectivity index (χ4v) is 2.73. The van der Waals surface area contributed by atoms with E-state index in [1.807, 2.05) is 42.1 Å². The summed E-state index contributed by atoms with van der Waals surface area (Å²) in [6.07, 6.45) is 5.79. The Morgan fingerprint density at radius 3 is 2.64 bits per heavy atom. The summed E-state index contributed by atoms with van der Waals surface area (Å²) >= 11 is 0. The van der Waals surface area contributed by atoms with Gasteiger partial charge in [0, 0.05) is 64.3 Å². The Bertz CT molecular complexity index is 638. The average molecular weight is 302 g/mol. The molecule has 1 aliphatic rings. The van der Waals surface area contributed by atoms with E-state index in [9.17, 15) is 4.79 Å². The largest absolute Gasteiger partial charge is 0.335 e. The van der Waals surface area contributed by atoms with Crippen molar-refractivity contribution >= 4 is 5.91 Å². The predicted octanol–water partition coefficient (Wildman–Crippen LogP) is 0.594. The lowest BCUT2D eigenvalue weighted by Crippen LogP contribution is -2.48. The Morgan fingerprint density at radius 1 is 1.27 bits per heavy atom. The molecule has 0 N–H and O–H groups in total. The van der Waals surface area contributed by atoms with Crippen LogP contribution in [0.15, 0.2) is 24.7 Å². The molecule has 2 aromatic rings. The van der Waals surface area contributed by atoms with E-state index < -0.39 is 0 Å². The van der Waals surface area contributed by atoms with Crippen molar-refractivity contribution in [3.8, 4) is 0 Å². The van der Waals surface area contributed by atoms with Crippen molar-refractivity contribution in [3.63, 3.8) is 0 Å². The molecule has 0 aliphatic carbocycles. The molecule has 0 radical (unpaired) electrons. The van der Waals surface area contributed by atoms with Crippen LogP contribution in [0.1, 0.15) is 23.0 Å². The Labute approximate surface area is 130 Å². The second-order valence-electron chi connectivity index (χ2n) is 5.65. The van der Waals surface area contributed by atoms with Crippen molar-refractivity contribution in [2.24, 2.45) is 7.05 Å². The molecular weight excluding hydrogens is 280 g/mol. The summed E-state index contributed by atoms with van der Waals surface area (Å²) in [7, 11) is 1.93. The molecule has 7 heteroatoms. The molecule has 3 rings (SSSR count). The first-order chi connectivity index (χ1) is 10.7. The highest BCUT2D eigenvalue weighted by Crippen LogP contribution is 2.10. The first-order valence-electron chi connectivity index (χ1n) is 7.68. The van der Waals surface area contributed by atoms with Gasteiger partial charge in [-0.25, -0.2) is 0 Å².